The van der Waals surface area contributed by atoms with E-state index in [0.29, 0.717) is 24.2 Å². The van der Waals surface area contributed by atoms with Crippen LogP contribution in [-0.4, -0.2) is 29.8 Å². The Kier molecular flexibility index (Phi) is 3.03. The molecule has 1 saturated heterocycles. The molecule has 21 heavy (non-hydrogen) atoms. The van der Waals surface area contributed by atoms with E-state index in [2.05, 4.69) is 22.4 Å². The van der Waals surface area contributed by atoms with Crippen molar-refractivity contribution in [3.05, 3.63) is 36.0 Å². The molecule has 2 aliphatic rings. The summed E-state index contributed by atoms with van der Waals surface area (Å²) >= 11 is 0. The summed E-state index contributed by atoms with van der Waals surface area (Å²) in [6.07, 6.45) is -0.316. The molecule has 1 aromatic heterocycles. The van der Waals surface area contributed by atoms with Gasteiger partial charge in [0, 0.05) is 5.92 Å². The fourth-order valence-corrected chi connectivity index (χ4v) is 2.58. The van der Waals surface area contributed by atoms with E-state index >= 15 is 0 Å². The van der Waals surface area contributed by atoms with Crippen LogP contribution in [0.3, 0.4) is 0 Å². The highest BCUT2D eigenvalue weighted by Gasteiger charge is 2.31. The van der Waals surface area contributed by atoms with Gasteiger partial charge in [0.05, 0.1) is 0 Å². The number of nitrogens with one attached hydrogen (secondary N) is 1. The Balaban J connectivity index is 1.51. The Morgan fingerprint density at radius 1 is 1.24 bits per heavy atom. The molecule has 2 unspecified atom stereocenters. The normalized spacial score (nSPS) is 22.6. The third kappa shape index (κ3) is 2.25. The topological polar surface area (TPSA) is 69.4 Å². The van der Waals surface area contributed by atoms with Gasteiger partial charge in [-0.05, 0) is 31.1 Å². The van der Waals surface area contributed by atoms with Gasteiger partial charge in [-0.2, -0.15) is 4.98 Å². The lowest BCUT2D eigenvalue weighted by atomic mass is 9.89. The highest BCUT2D eigenvalue weighted by Crippen LogP contribution is 2.35. The first-order chi connectivity index (χ1) is 10.3. The summed E-state index contributed by atoms with van der Waals surface area (Å²) in [5.74, 6) is 3.55. The van der Waals surface area contributed by atoms with Crippen molar-refractivity contribution >= 4 is 0 Å². The second kappa shape index (κ2) is 5.04. The largest absolute Gasteiger partial charge is 0.485 e. The molecule has 2 atom stereocenters. The lowest BCUT2D eigenvalue weighted by Gasteiger charge is -2.30. The maximum atomic E-state index is 5.89. The Labute approximate surface area is 122 Å². The third-order valence-electron chi connectivity index (χ3n) is 4.16. The van der Waals surface area contributed by atoms with E-state index in [0.717, 1.165) is 24.6 Å². The number of nitrogens with zero attached hydrogens (tertiary/aromatic N) is 2. The van der Waals surface area contributed by atoms with E-state index in [9.17, 15) is 0 Å². The predicted molar refractivity (Wildman–Crippen MR) is 74.4 cm³/mol. The summed E-state index contributed by atoms with van der Waals surface area (Å²) in [7, 11) is 0. The molecule has 2 aliphatic heterocycles. The number of aromatic nitrogens is 2. The second-order valence-electron chi connectivity index (χ2n) is 5.56. The van der Waals surface area contributed by atoms with Crippen molar-refractivity contribution < 1.29 is 14.0 Å². The molecular weight excluding hydrogens is 270 g/mol. The fraction of sp³-hybridized carbons (Fsp3) is 0.467. The van der Waals surface area contributed by atoms with E-state index in [1.54, 1.807) is 0 Å². The van der Waals surface area contributed by atoms with Gasteiger partial charge in [-0.15, -0.1) is 0 Å². The van der Waals surface area contributed by atoms with Crippen LogP contribution >= 0.6 is 0 Å². The van der Waals surface area contributed by atoms with Crippen molar-refractivity contribution in [1.29, 1.82) is 0 Å². The number of para-hydroxylation sites is 2. The lowest BCUT2D eigenvalue weighted by molar-refractivity contribution is 0.0832. The highest BCUT2D eigenvalue weighted by atomic mass is 16.6. The Morgan fingerprint density at radius 3 is 2.81 bits per heavy atom. The Hall–Kier alpha value is -2.08. The molecular formula is C15H17N3O3. The summed E-state index contributed by atoms with van der Waals surface area (Å²) in [5, 5.41) is 7.32. The molecule has 1 N–H and O–H groups in total. The Bertz CT molecular complexity index is 639. The minimum absolute atomic E-state index is 0.268. The van der Waals surface area contributed by atoms with Crippen LogP contribution in [0.2, 0.25) is 0 Å². The van der Waals surface area contributed by atoms with E-state index in [1.807, 2.05) is 24.3 Å². The fourth-order valence-electron chi connectivity index (χ4n) is 2.58. The first kappa shape index (κ1) is 12.6. The summed E-state index contributed by atoms with van der Waals surface area (Å²) in [6, 6.07) is 7.60. The number of benzene rings is 1. The summed E-state index contributed by atoms with van der Waals surface area (Å²) in [4.78, 5) is 4.50. The molecule has 0 radical (unpaired) electrons. The average Bonchev–Trinajstić information content (AvgIpc) is 2.95. The van der Waals surface area contributed by atoms with Crippen molar-refractivity contribution in [2.75, 3.05) is 19.7 Å². The van der Waals surface area contributed by atoms with Gasteiger partial charge in [-0.3, -0.25) is 0 Å². The van der Waals surface area contributed by atoms with Gasteiger partial charge in [0.2, 0.25) is 11.7 Å². The van der Waals surface area contributed by atoms with E-state index in [-0.39, 0.29) is 12.0 Å². The zero-order valence-electron chi connectivity index (χ0n) is 11.8. The third-order valence-corrected chi connectivity index (χ3v) is 4.16. The van der Waals surface area contributed by atoms with Crippen LogP contribution in [-0.2, 0) is 0 Å². The molecule has 4 rings (SSSR count). The molecule has 1 fully saturated rings. The number of hydrogen-bond donors (Lipinski definition) is 1. The summed E-state index contributed by atoms with van der Waals surface area (Å²) in [6.45, 7) is 4.54. The van der Waals surface area contributed by atoms with Crippen molar-refractivity contribution in [2.45, 2.75) is 18.9 Å². The van der Waals surface area contributed by atoms with Gasteiger partial charge >= 0.3 is 0 Å². The molecule has 3 heterocycles. The molecule has 0 amide bonds. The standard InChI is InChI=1S/C15H17N3O3/c1-9(10-6-16-7-10)15-17-14(18-21-15)13-8-19-11-4-2-3-5-12(11)20-13/h2-5,9-10,13,16H,6-8H2,1H3. The van der Waals surface area contributed by atoms with Crippen molar-refractivity contribution in [3.63, 3.8) is 0 Å². The smallest absolute Gasteiger partial charge is 0.229 e. The number of hydrogen-bond acceptors (Lipinski definition) is 6. The van der Waals surface area contributed by atoms with E-state index < -0.39 is 0 Å². The van der Waals surface area contributed by atoms with Crippen LogP contribution < -0.4 is 14.8 Å². The number of fused-ring (bicyclic) bond motifs is 1. The first-order valence-electron chi connectivity index (χ1n) is 7.24. The van der Waals surface area contributed by atoms with Crippen molar-refractivity contribution in [2.24, 2.45) is 5.92 Å². The minimum atomic E-state index is -0.316. The van der Waals surface area contributed by atoms with Crippen molar-refractivity contribution in [3.8, 4) is 11.5 Å². The molecule has 0 saturated carbocycles. The second-order valence-corrected chi connectivity index (χ2v) is 5.56. The lowest BCUT2D eigenvalue weighted by Crippen LogP contribution is -2.44. The maximum absolute atomic E-state index is 5.89. The predicted octanol–water partition coefficient (Wildman–Crippen LogP) is 1.90. The zero-order valence-corrected chi connectivity index (χ0v) is 11.8. The molecule has 1 aromatic carbocycles. The van der Waals surface area contributed by atoms with Crippen LogP contribution in [0.15, 0.2) is 28.8 Å². The molecule has 0 bridgehead atoms. The molecule has 0 spiro atoms. The minimum Gasteiger partial charge on any atom is -0.485 e. The van der Waals surface area contributed by atoms with Gasteiger partial charge in [0.1, 0.15) is 6.61 Å². The van der Waals surface area contributed by atoms with Crippen LogP contribution in [0.1, 0.15) is 30.7 Å². The van der Waals surface area contributed by atoms with Crippen LogP contribution in [0.5, 0.6) is 11.5 Å². The number of ether oxygens (including phenoxy) is 2. The quantitative estimate of drug-likeness (QED) is 0.930. The van der Waals surface area contributed by atoms with Gasteiger partial charge in [-0.1, -0.05) is 24.2 Å². The average molecular weight is 287 g/mol. The van der Waals surface area contributed by atoms with E-state index in [1.165, 1.54) is 0 Å². The first-order valence-corrected chi connectivity index (χ1v) is 7.24. The monoisotopic (exact) mass is 287 g/mol. The van der Waals surface area contributed by atoms with Crippen molar-refractivity contribution in [1.82, 2.24) is 15.5 Å². The SMILES string of the molecule is CC(c1nc(C2COc3ccccc3O2)no1)C1CNC1. The van der Waals surface area contributed by atoms with E-state index in [4.69, 9.17) is 14.0 Å². The zero-order chi connectivity index (χ0) is 14.2. The van der Waals surface area contributed by atoms with Crippen LogP contribution in [0.4, 0.5) is 0 Å². The summed E-state index contributed by atoms with van der Waals surface area (Å²) < 4.78 is 17.0. The molecule has 0 aliphatic carbocycles. The number of rotatable bonds is 3. The summed E-state index contributed by atoms with van der Waals surface area (Å²) in [5.41, 5.74) is 0. The molecule has 6 nitrogen and oxygen atoms in total. The molecule has 2 aromatic rings. The molecule has 6 heteroatoms. The van der Waals surface area contributed by atoms with Gasteiger partial charge in [0.15, 0.2) is 17.6 Å². The van der Waals surface area contributed by atoms with Gasteiger partial charge < -0.3 is 19.3 Å². The van der Waals surface area contributed by atoms with Gasteiger partial charge in [-0.25, -0.2) is 0 Å². The molecule has 110 valence electrons. The highest BCUT2D eigenvalue weighted by molar-refractivity contribution is 5.40. The van der Waals surface area contributed by atoms with Gasteiger partial charge in [0.25, 0.3) is 0 Å². The van der Waals surface area contributed by atoms with Crippen LogP contribution in [0, 0.1) is 5.92 Å². The van der Waals surface area contributed by atoms with Crippen LogP contribution in [0.25, 0.3) is 0 Å². The Morgan fingerprint density at radius 2 is 2.05 bits per heavy atom. The maximum Gasteiger partial charge on any atom is 0.229 e.